The quantitative estimate of drug-likeness (QED) is 0.754. The van der Waals surface area contributed by atoms with Gasteiger partial charge in [0.05, 0.1) is 11.7 Å². The maximum Gasteiger partial charge on any atom is 0.128 e. The number of nitrogens with zero attached hydrogens (tertiary/aromatic N) is 3. The molecule has 0 bridgehead atoms. The minimum atomic E-state index is 0.297. The second kappa shape index (κ2) is 4.95. The van der Waals surface area contributed by atoms with Crippen LogP contribution in [0.2, 0.25) is 0 Å². The minimum absolute atomic E-state index is 0.297. The molecule has 0 amide bonds. The number of nitriles is 1. The van der Waals surface area contributed by atoms with E-state index in [9.17, 15) is 0 Å². The van der Waals surface area contributed by atoms with E-state index in [1.807, 2.05) is 6.07 Å². The summed E-state index contributed by atoms with van der Waals surface area (Å²) >= 11 is 0. The van der Waals surface area contributed by atoms with Crippen LogP contribution >= 0.6 is 0 Å². The van der Waals surface area contributed by atoms with E-state index < -0.39 is 0 Å². The smallest absolute Gasteiger partial charge is 0.128 e. The predicted molar refractivity (Wildman–Crippen MR) is 61.2 cm³/mol. The Labute approximate surface area is 95.5 Å². The number of piperidine rings is 1. The molecule has 0 aliphatic carbocycles. The topological polar surface area (TPSA) is 49.1 Å². The van der Waals surface area contributed by atoms with Gasteiger partial charge in [0, 0.05) is 26.4 Å². The first-order valence-corrected chi connectivity index (χ1v) is 5.47. The molecule has 0 saturated carbocycles. The van der Waals surface area contributed by atoms with Gasteiger partial charge in [-0.1, -0.05) is 0 Å². The number of pyridine rings is 1. The maximum absolute atomic E-state index is 8.70. The van der Waals surface area contributed by atoms with E-state index in [0.717, 1.165) is 31.7 Å². The van der Waals surface area contributed by atoms with Crippen LogP contribution in [-0.4, -0.2) is 31.3 Å². The molecule has 0 spiro atoms. The van der Waals surface area contributed by atoms with Crippen LogP contribution in [0, 0.1) is 11.3 Å². The second-order valence-corrected chi connectivity index (χ2v) is 3.96. The fourth-order valence-electron chi connectivity index (χ4n) is 1.98. The molecule has 0 N–H and O–H groups in total. The highest BCUT2D eigenvalue weighted by Crippen LogP contribution is 2.19. The van der Waals surface area contributed by atoms with Gasteiger partial charge < -0.3 is 9.64 Å². The molecule has 0 radical (unpaired) electrons. The van der Waals surface area contributed by atoms with Crippen molar-refractivity contribution in [3.8, 4) is 6.07 Å². The van der Waals surface area contributed by atoms with Crippen molar-refractivity contribution in [1.82, 2.24) is 4.98 Å². The normalized spacial score (nSPS) is 20.5. The largest absolute Gasteiger partial charge is 0.380 e. The molecule has 84 valence electrons. The molecule has 1 saturated heterocycles. The first-order valence-electron chi connectivity index (χ1n) is 5.47. The SMILES string of the molecule is CO[C@@H]1CCCN(c2ccc(C#N)cn2)C1. The van der Waals surface area contributed by atoms with Crippen LogP contribution < -0.4 is 4.90 Å². The van der Waals surface area contributed by atoms with Crippen molar-refractivity contribution in [2.24, 2.45) is 0 Å². The first-order chi connectivity index (χ1) is 7.83. The lowest BCUT2D eigenvalue weighted by Gasteiger charge is -2.32. The van der Waals surface area contributed by atoms with E-state index in [2.05, 4.69) is 16.0 Å². The summed E-state index contributed by atoms with van der Waals surface area (Å²) in [6.45, 7) is 1.90. The first kappa shape index (κ1) is 10.9. The van der Waals surface area contributed by atoms with E-state index >= 15 is 0 Å². The van der Waals surface area contributed by atoms with Gasteiger partial charge in [0.15, 0.2) is 0 Å². The number of aromatic nitrogens is 1. The molecule has 1 aromatic rings. The lowest BCUT2D eigenvalue weighted by Crippen LogP contribution is -2.39. The average Bonchev–Trinajstić information content (AvgIpc) is 2.39. The van der Waals surface area contributed by atoms with Crippen molar-refractivity contribution in [1.29, 1.82) is 5.26 Å². The standard InChI is InChI=1S/C12H15N3O/c1-16-11-3-2-6-15(9-11)12-5-4-10(7-13)8-14-12/h4-5,8,11H,2-3,6,9H2,1H3/t11-/m1/s1. The molecule has 0 unspecified atom stereocenters. The molecule has 16 heavy (non-hydrogen) atoms. The zero-order valence-electron chi connectivity index (χ0n) is 9.39. The van der Waals surface area contributed by atoms with Gasteiger partial charge in [-0.2, -0.15) is 5.26 Å². The van der Waals surface area contributed by atoms with Gasteiger partial charge in [-0.3, -0.25) is 0 Å². The van der Waals surface area contributed by atoms with Crippen molar-refractivity contribution in [3.63, 3.8) is 0 Å². The number of anilines is 1. The van der Waals surface area contributed by atoms with Gasteiger partial charge >= 0.3 is 0 Å². The lowest BCUT2D eigenvalue weighted by atomic mass is 10.1. The third-order valence-electron chi connectivity index (χ3n) is 2.91. The number of ether oxygens (including phenoxy) is 1. The summed E-state index contributed by atoms with van der Waals surface area (Å²) in [5.41, 5.74) is 0.601. The highest BCUT2D eigenvalue weighted by molar-refractivity contribution is 5.42. The van der Waals surface area contributed by atoms with Crippen molar-refractivity contribution < 1.29 is 4.74 Å². The molecule has 4 nitrogen and oxygen atoms in total. The van der Waals surface area contributed by atoms with E-state index in [4.69, 9.17) is 10.00 Å². The van der Waals surface area contributed by atoms with Crippen LogP contribution in [0.3, 0.4) is 0 Å². The van der Waals surface area contributed by atoms with Crippen LogP contribution in [0.4, 0.5) is 5.82 Å². The van der Waals surface area contributed by atoms with Crippen LogP contribution in [0.25, 0.3) is 0 Å². The Morgan fingerprint density at radius 1 is 1.56 bits per heavy atom. The Hall–Kier alpha value is -1.60. The molecular formula is C12H15N3O. The monoisotopic (exact) mass is 217 g/mol. The fourth-order valence-corrected chi connectivity index (χ4v) is 1.98. The summed E-state index contributed by atoms with van der Waals surface area (Å²) in [4.78, 5) is 6.50. The number of hydrogen-bond acceptors (Lipinski definition) is 4. The number of methoxy groups -OCH3 is 1. The van der Waals surface area contributed by atoms with Gasteiger partial charge in [0.2, 0.25) is 0 Å². The van der Waals surface area contributed by atoms with Crippen molar-refractivity contribution >= 4 is 5.82 Å². The molecule has 1 aromatic heterocycles. The van der Waals surface area contributed by atoms with Crippen LogP contribution in [0.1, 0.15) is 18.4 Å². The van der Waals surface area contributed by atoms with Crippen LogP contribution in [0.15, 0.2) is 18.3 Å². The molecule has 2 rings (SSSR count). The summed E-state index contributed by atoms with van der Waals surface area (Å²) in [6.07, 6.45) is 4.15. The van der Waals surface area contributed by atoms with Crippen molar-refractivity contribution in [2.45, 2.75) is 18.9 Å². The highest BCUT2D eigenvalue weighted by atomic mass is 16.5. The van der Waals surface area contributed by atoms with Crippen molar-refractivity contribution in [3.05, 3.63) is 23.9 Å². The van der Waals surface area contributed by atoms with E-state index in [1.165, 1.54) is 0 Å². The Balaban J connectivity index is 2.08. The van der Waals surface area contributed by atoms with Crippen LogP contribution in [-0.2, 0) is 4.74 Å². The predicted octanol–water partition coefficient (Wildman–Crippen LogP) is 1.57. The summed E-state index contributed by atoms with van der Waals surface area (Å²) in [5.74, 6) is 0.931. The van der Waals surface area contributed by atoms with Gasteiger partial charge in [-0.25, -0.2) is 4.98 Å². The van der Waals surface area contributed by atoms with Crippen molar-refractivity contribution in [2.75, 3.05) is 25.1 Å². The lowest BCUT2D eigenvalue weighted by molar-refractivity contribution is 0.0891. The van der Waals surface area contributed by atoms with Gasteiger partial charge in [0.25, 0.3) is 0 Å². The molecule has 1 atom stereocenters. The average molecular weight is 217 g/mol. The summed E-state index contributed by atoms with van der Waals surface area (Å²) in [5, 5.41) is 8.70. The Morgan fingerprint density at radius 2 is 2.44 bits per heavy atom. The molecular weight excluding hydrogens is 202 g/mol. The van der Waals surface area contributed by atoms with E-state index in [0.29, 0.717) is 11.7 Å². The maximum atomic E-state index is 8.70. The van der Waals surface area contributed by atoms with Crippen LogP contribution in [0.5, 0.6) is 0 Å². The third-order valence-corrected chi connectivity index (χ3v) is 2.91. The molecule has 1 fully saturated rings. The summed E-state index contributed by atoms with van der Waals surface area (Å²) < 4.78 is 5.37. The Kier molecular flexibility index (Phi) is 3.37. The summed E-state index contributed by atoms with van der Waals surface area (Å²) in [7, 11) is 1.75. The zero-order chi connectivity index (χ0) is 11.4. The minimum Gasteiger partial charge on any atom is -0.380 e. The van der Waals surface area contributed by atoms with Gasteiger partial charge in [-0.15, -0.1) is 0 Å². The summed E-state index contributed by atoms with van der Waals surface area (Å²) in [6, 6.07) is 5.78. The van der Waals surface area contributed by atoms with Gasteiger partial charge in [0.1, 0.15) is 11.9 Å². The third kappa shape index (κ3) is 2.31. The second-order valence-electron chi connectivity index (χ2n) is 3.96. The number of hydrogen-bond donors (Lipinski definition) is 0. The molecule has 0 aromatic carbocycles. The molecule has 4 heteroatoms. The molecule has 1 aliphatic heterocycles. The molecule has 2 heterocycles. The highest BCUT2D eigenvalue weighted by Gasteiger charge is 2.20. The van der Waals surface area contributed by atoms with E-state index in [1.54, 1.807) is 19.4 Å². The van der Waals surface area contributed by atoms with Gasteiger partial charge in [-0.05, 0) is 25.0 Å². The zero-order valence-corrected chi connectivity index (χ0v) is 9.39. The Morgan fingerprint density at radius 3 is 3.06 bits per heavy atom. The van der Waals surface area contributed by atoms with E-state index in [-0.39, 0.29) is 0 Å². The number of rotatable bonds is 2. The fraction of sp³-hybridized carbons (Fsp3) is 0.500. The Bertz CT molecular complexity index is 382. The molecule has 1 aliphatic rings.